The SMILES string of the molecule is CC(C)(C)ON1C(=C=O)C(c2ccc(F)cc2)c2ccccc21. The summed E-state index contributed by atoms with van der Waals surface area (Å²) in [6, 6.07) is 13.8. The van der Waals surface area contributed by atoms with E-state index in [1.165, 1.54) is 12.1 Å². The molecule has 0 saturated heterocycles. The van der Waals surface area contributed by atoms with Crippen LogP contribution in [0, 0.1) is 5.82 Å². The van der Waals surface area contributed by atoms with Crippen LogP contribution in [-0.4, -0.2) is 11.5 Å². The van der Waals surface area contributed by atoms with Crippen molar-refractivity contribution in [3.8, 4) is 0 Å². The van der Waals surface area contributed by atoms with Crippen molar-refractivity contribution in [2.24, 2.45) is 0 Å². The fraction of sp³-hybridized carbons (Fsp3) is 0.263. The molecule has 2 aromatic carbocycles. The van der Waals surface area contributed by atoms with Crippen LogP contribution in [0.4, 0.5) is 10.1 Å². The number of allylic oxidation sites excluding steroid dienone is 1. The first-order valence-corrected chi connectivity index (χ1v) is 7.49. The lowest BCUT2D eigenvalue weighted by molar-refractivity contribution is -0.00844. The van der Waals surface area contributed by atoms with Crippen molar-refractivity contribution in [2.75, 3.05) is 5.06 Å². The van der Waals surface area contributed by atoms with Crippen molar-refractivity contribution in [1.82, 2.24) is 0 Å². The second kappa shape index (κ2) is 5.65. The zero-order valence-electron chi connectivity index (χ0n) is 13.3. The summed E-state index contributed by atoms with van der Waals surface area (Å²) in [6.45, 7) is 5.76. The summed E-state index contributed by atoms with van der Waals surface area (Å²) >= 11 is 0. The van der Waals surface area contributed by atoms with E-state index in [2.05, 4.69) is 0 Å². The number of fused-ring (bicyclic) bond motifs is 1. The molecule has 0 amide bonds. The van der Waals surface area contributed by atoms with Crippen LogP contribution in [0.15, 0.2) is 54.2 Å². The van der Waals surface area contributed by atoms with E-state index in [-0.39, 0.29) is 11.7 Å². The van der Waals surface area contributed by atoms with Crippen LogP contribution in [0.3, 0.4) is 0 Å². The number of hydrogen-bond acceptors (Lipinski definition) is 3. The molecule has 4 heteroatoms. The monoisotopic (exact) mass is 311 g/mol. The topological polar surface area (TPSA) is 29.5 Å². The zero-order chi connectivity index (χ0) is 16.6. The predicted octanol–water partition coefficient (Wildman–Crippen LogP) is 4.22. The predicted molar refractivity (Wildman–Crippen MR) is 87.2 cm³/mol. The van der Waals surface area contributed by atoms with Gasteiger partial charge in [-0.25, -0.2) is 14.2 Å². The lowest BCUT2D eigenvalue weighted by Crippen LogP contribution is -2.32. The van der Waals surface area contributed by atoms with Gasteiger partial charge in [-0.15, -0.1) is 0 Å². The standard InChI is InChI=1S/C19H18FNO2/c1-19(2,3)23-21-16-7-5-4-6-15(16)18(17(21)12-22)13-8-10-14(20)11-9-13/h4-11,18H,1-3H3. The average molecular weight is 311 g/mol. The highest BCUT2D eigenvalue weighted by molar-refractivity contribution is 5.77. The average Bonchev–Trinajstić information content (AvgIpc) is 2.80. The normalized spacial score (nSPS) is 17.1. The van der Waals surface area contributed by atoms with Crippen LogP contribution in [0.1, 0.15) is 37.8 Å². The molecule has 3 nitrogen and oxygen atoms in total. The van der Waals surface area contributed by atoms with Gasteiger partial charge in [0.2, 0.25) is 0 Å². The third-order valence-electron chi connectivity index (χ3n) is 3.63. The largest absolute Gasteiger partial charge is 0.262 e. The van der Waals surface area contributed by atoms with Gasteiger partial charge in [-0.05, 0) is 50.1 Å². The number of halogens is 1. The Morgan fingerprint density at radius 1 is 1.09 bits per heavy atom. The molecular formula is C19H18FNO2. The number of benzene rings is 2. The molecule has 0 radical (unpaired) electrons. The number of rotatable bonds is 2. The van der Waals surface area contributed by atoms with E-state index in [1.54, 1.807) is 17.2 Å². The van der Waals surface area contributed by atoms with Gasteiger partial charge in [0.15, 0.2) is 0 Å². The molecule has 0 aromatic heterocycles. The lowest BCUT2D eigenvalue weighted by Gasteiger charge is -2.28. The van der Waals surface area contributed by atoms with Gasteiger partial charge in [0.1, 0.15) is 17.5 Å². The summed E-state index contributed by atoms with van der Waals surface area (Å²) in [5.41, 5.74) is 2.51. The van der Waals surface area contributed by atoms with Gasteiger partial charge in [-0.1, -0.05) is 30.3 Å². The summed E-state index contributed by atoms with van der Waals surface area (Å²) in [5, 5.41) is 1.55. The highest BCUT2D eigenvalue weighted by Crippen LogP contribution is 2.46. The molecule has 3 rings (SSSR count). The van der Waals surface area contributed by atoms with Crippen molar-refractivity contribution in [3.05, 3.63) is 71.2 Å². The molecule has 1 heterocycles. The van der Waals surface area contributed by atoms with Crippen LogP contribution in [0.2, 0.25) is 0 Å². The van der Waals surface area contributed by atoms with Gasteiger partial charge in [-0.3, -0.25) is 4.84 Å². The van der Waals surface area contributed by atoms with E-state index in [4.69, 9.17) is 4.84 Å². The summed E-state index contributed by atoms with van der Waals surface area (Å²) < 4.78 is 13.2. The van der Waals surface area contributed by atoms with Crippen molar-refractivity contribution >= 4 is 11.6 Å². The van der Waals surface area contributed by atoms with Crippen molar-refractivity contribution in [2.45, 2.75) is 32.3 Å². The van der Waals surface area contributed by atoms with Crippen LogP contribution in [0.25, 0.3) is 0 Å². The Balaban J connectivity index is 2.13. The van der Waals surface area contributed by atoms with Crippen LogP contribution in [0.5, 0.6) is 0 Å². The fourth-order valence-corrected chi connectivity index (χ4v) is 2.78. The Kier molecular flexibility index (Phi) is 3.80. The van der Waals surface area contributed by atoms with Crippen LogP contribution < -0.4 is 5.06 Å². The van der Waals surface area contributed by atoms with E-state index in [0.717, 1.165) is 16.8 Å². The minimum Gasteiger partial charge on any atom is -0.262 e. The number of hydrogen-bond donors (Lipinski definition) is 0. The Hall–Kier alpha value is -2.42. The first-order valence-electron chi connectivity index (χ1n) is 7.49. The third kappa shape index (κ3) is 2.91. The van der Waals surface area contributed by atoms with E-state index in [1.807, 2.05) is 51.0 Å². The Bertz CT molecular complexity index is 771. The molecule has 0 bridgehead atoms. The summed E-state index contributed by atoms with van der Waals surface area (Å²) in [7, 11) is 0. The molecule has 0 saturated carbocycles. The van der Waals surface area contributed by atoms with Crippen LogP contribution >= 0.6 is 0 Å². The van der Waals surface area contributed by atoms with Crippen molar-refractivity contribution in [1.29, 1.82) is 0 Å². The van der Waals surface area contributed by atoms with Gasteiger partial charge < -0.3 is 0 Å². The molecule has 1 aliphatic heterocycles. The van der Waals surface area contributed by atoms with Crippen LogP contribution in [-0.2, 0) is 9.63 Å². The Morgan fingerprint density at radius 2 is 1.74 bits per heavy atom. The van der Waals surface area contributed by atoms with Crippen molar-refractivity contribution in [3.63, 3.8) is 0 Å². The second-order valence-corrected chi connectivity index (χ2v) is 6.53. The maximum absolute atomic E-state index is 13.2. The first kappa shape index (κ1) is 15.5. The summed E-state index contributed by atoms with van der Waals surface area (Å²) in [6.07, 6.45) is 0. The highest BCUT2D eigenvalue weighted by atomic mass is 19.1. The molecule has 23 heavy (non-hydrogen) atoms. The number of anilines is 1. The minimum atomic E-state index is -0.465. The maximum Gasteiger partial charge on any atom is 0.149 e. The van der Waals surface area contributed by atoms with Gasteiger partial charge in [-0.2, -0.15) is 0 Å². The number of nitrogens with zero attached hydrogens (tertiary/aromatic N) is 1. The summed E-state index contributed by atoms with van der Waals surface area (Å²) in [4.78, 5) is 17.6. The molecule has 2 aromatic rings. The number of para-hydroxylation sites is 1. The van der Waals surface area contributed by atoms with E-state index < -0.39 is 5.60 Å². The number of carbonyl (C=O) groups excluding carboxylic acids is 1. The summed E-state index contributed by atoms with van der Waals surface area (Å²) in [5.74, 6) is 1.40. The van der Waals surface area contributed by atoms with E-state index in [0.29, 0.717) is 5.70 Å². The molecule has 0 spiro atoms. The highest BCUT2D eigenvalue weighted by Gasteiger charge is 2.38. The lowest BCUT2D eigenvalue weighted by atomic mass is 9.91. The molecule has 0 aliphatic carbocycles. The Labute approximate surface area is 135 Å². The smallest absolute Gasteiger partial charge is 0.149 e. The maximum atomic E-state index is 13.2. The van der Waals surface area contributed by atoms with E-state index >= 15 is 0 Å². The van der Waals surface area contributed by atoms with E-state index in [9.17, 15) is 9.18 Å². The zero-order valence-corrected chi connectivity index (χ0v) is 13.3. The molecule has 1 aliphatic rings. The van der Waals surface area contributed by atoms with Gasteiger partial charge in [0.05, 0.1) is 17.2 Å². The quantitative estimate of drug-likeness (QED) is 0.778. The molecule has 118 valence electrons. The minimum absolute atomic E-state index is 0.306. The van der Waals surface area contributed by atoms with Gasteiger partial charge >= 0.3 is 0 Å². The number of hydroxylamine groups is 1. The molecule has 1 unspecified atom stereocenters. The molecule has 1 atom stereocenters. The molecule has 0 N–H and O–H groups in total. The Morgan fingerprint density at radius 3 is 2.35 bits per heavy atom. The second-order valence-electron chi connectivity index (χ2n) is 6.53. The van der Waals surface area contributed by atoms with Gasteiger partial charge in [0.25, 0.3) is 0 Å². The third-order valence-corrected chi connectivity index (χ3v) is 3.63. The first-order chi connectivity index (χ1) is 10.9. The molecule has 0 fully saturated rings. The molecular weight excluding hydrogens is 293 g/mol. The fourth-order valence-electron chi connectivity index (χ4n) is 2.78. The van der Waals surface area contributed by atoms with Crippen molar-refractivity contribution < 1.29 is 14.0 Å². The van der Waals surface area contributed by atoms with Gasteiger partial charge in [0, 0.05) is 0 Å².